The summed E-state index contributed by atoms with van der Waals surface area (Å²) in [5, 5.41) is 0. The van der Waals surface area contributed by atoms with Crippen LogP contribution in [0.1, 0.15) is 0 Å². The van der Waals surface area contributed by atoms with E-state index in [9.17, 15) is 0 Å². The van der Waals surface area contributed by atoms with Gasteiger partial charge < -0.3 is 0 Å². The van der Waals surface area contributed by atoms with Crippen LogP contribution in [0.15, 0.2) is 0 Å². The molecule has 0 bridgehead atoms. The predicted molar refractivity (Wildman–Crippen MR) is 23.0 cm³/mol. The van der Waals surface area contributed by atoms with Gasteiger partial charge in [0.25, 0.3) is 0 Å². The normalized spacial score (nSPS) is 0. The molecule has 0 aliphatic carbocycles. The third-order valence-electron chi connectivity index (χ3n) is 0. The molecule has 0 saturated carbocycles. The maximum absolute atomic E-state index is 0. The molecule has 5 heteroatoms. The molecule has 0 aromatic rings. The summed E-state index contributed by atoms with van der Waals surface area (Å²) in [4.78, 5) is 0. The van der Waals surface area contributed by atoms with E-state index in [1.54, 1.807) is 0 Å². The first-order chi connectivity index (χ1) is 0. The Morgan fingerprint density at radius 1 is 1.00 bits per heavy atom. The van der Waals surface area contributed by atoms with Crippen molar-refractivity contribution in [2.45, 2.75) is 0 Å². The van der Waals surface area contributed by atoms with E-state index in [2.05, 4.69) is 0 Å². The molecule has 0 nitrogen and oxygen atoms in total. The van der Waals surface area contributed by atoms with E-state index < -0.39 is 0 Å². The molecule has 0 amide bonds. The summed E-state index contributed by atoms with van der Waals surface area (Å²) in [6.45, 7) is 0. The summed E-state index contributed by atoms with van der Waals surface area (Å²) in [6, 6.07) is 0. The van der Waals surface area contributed by atoms with E-state index in [1.807, 2.05) is 0 Å². The predicted octanol–water partition coefficient (Wildman–Crippen LogP) is -1.53. The topological polar surface area (TPSA) is 0 Å². The Morgan fingerprint density at radius 2 is 1.00 bits per heavy atom. The molecule has 0 aliphatic rings. The van der Waals surface area contributed by atoms with Gasteiger partial charge in [0.2, 0.25) is 0 Å². The fourth-order valence-electron chi connectivity index (χ4n) is 0. The molecule has 0 saturated heterocycles. The maximum Gasteiger partial charge on any atom is 0 e. The average molecular weight is 396 g/mol. The van der Waals surface area contributed by atoms with E-state index >= 15 is 0 Å². The van der Waals surface area contributed by atoms with Crippen molar-refractivity contribution < 1.29 is 19.5 Å². The van der Waals surface area contributed by atoms with Crippen molar-refractivity contribution in [3.05, 3.63) is 0 Å². The molecule has 0 fully saturated rings. The van der Waals surface area contributed by atoms with Crippen LogP contribution in [0.5, 0.6) is 0 Å². The first kappa shape index (κ1) is 39.3. The Labute approximate surface area is 104 Å². The molecule has 5 heavy (non-hydrogen) atoms. The molecule has 0 aromatic carbocycles. The van der Waals surface area contributed by atoms with E-state index in [1.165, 1.54) is 0 Å². The third-order valence-corrected chi connectivity index (χ3v) is 0. The van der Waals surface area contributed by atoms with Gasteiger partial charge >= 0.3 is 0 Å². The SMILES string of the molecule is [Al].[Ga].[In].[Sn].[Zn]. The zero-order valence-electron chi connectivity index (χ0n) is 2.94. The first-order valence-electron chi connectivity index (χ1n) is 0. The van der Waals surface area contributed by atoms with Crippen LogP contribution >= 0.6 is 0 Å². The Morgan fingerprint density at radius 3 is 1.00 bits per heavy atom. The summed E-state index contributed by atoms with van der Waals surface area (Å²) >= 11 is 0. The molecule has 0 aliphatic heterocycles. The summed E-state index contributed by atoms with van der Waals surface area (Å²) < 4.78 is 0. The van der Waals surface area contributed by atoms with E-state index in [0.717, 1.165) is 0 Å². The van der Waals surface area contributed by atoms with Gasteiger partial charge in [-0.1, -0.05) is 0 Å². The van der Waals surface area contributed by atoms with Crippen LogP contribution < -0.4 is 0 Å². The smallest absolute Gasteiger partial charge is 0 e. The standard InChI is InChI=1S/Al.Ga.In.Sn.Zn. The molecular formula is AlGaInSnZn. The van der Waals surface area contributed by atoms with Crippen LogP contribution in [0, 0.1) is 0 Å². The van der Waals surface area contributed by atoms with Crippen LogP contribution in [-0.4, -0.2) is 86.9 Å². The minimum absolute atomic E-state index is 0. The molecule has 0 spiro atoms. The van der Waals surface area contributed by atoms with E-state index in [0.29, 0.717) is 0 Å². The zero-order valence-corrected chi connectivity index (χ0v) is 15.6. The van der Waals surface area contributed by atoms with Gasteiger partial charge in [-0.05, 0) is 0 Å². The second-order valence-electron chi connectivity index (χ2n) is 0. The van der Waals surface area contributed by atoms with Crippen molar-refractivity contribution >= 4 is 86.9 Å². The van der Waals surface area contributed by atoms with Gasteiger partial charge in [-0.15, -0.1) is 0 Å². The molecular weight excluding hydrogens is 396 g/mol. The minimum Gasteiger partial charge on any atom is 0 e. The van der Waals surface area contributed by atoms with Crippen LogP contribution in [0.2, 0.25) is 0 Å². The van der Waals surface area contributed by atoms with Gasteiger partial charge in [-0.3, -0.25) is 0 Å². The zero-order chi connectivity index (χ0) is 0. The number of rotatable bonds is 0. The maximum atomic E-state index is 0. The molecule has 0 rings (SSSR count). The number of hydrogen-bond acceptors (Lipinski definition) is 0. The summed E-state index contributed by atoms with van der Waals surface area (Å²) in [5.41, 5.74) is 0. The van der Waals surface area contributed by atoms with Crippen LogP contribution in [0.4, 0.5) is 0 Å². The fraction of sp³-hybridized carbons (Fsp3) is 0. The van der Waals surface area contributed by atoms with Gasteiger partial charge in [-0.25, -0.2) is 0 Å². The second kappa shape index (κ2) is 26.0. The summed E-state index contributed by atoms with van der Waals surface area (Å²) in [5.74, 6) is 0. The van der Waals surface area contributed by atoms with Crippen molar-refractivity contribution in [3.8, 4) is 0 Å². The monoisotopic (exact) mass is 395 g/mol. The van der Waals surface area contributed by atoms with E-state index in [4.69, 9.17) is 0 Å². The molecule has 0 atom stereocenters. The molecule has 13 radical (unpaired) electrons. The van der Waals surface area contributed by atoms with Gasteiger partial charge in [0.1, 0.15) is 0 Å². The van der Waals surface area contributed by atoms with Crippen molar-refractivity contribution in [3.63, 3.8) is 0 Å². The third kappa shape index (κ3) is 18.6. The minimum atomic E-state index is 0. The van der Waals surface area contributed by atoms with Crippen molar-refractivity contribution in [1.82, 2.24) is 0 Å². The van der Waals surface area contributed by atoms with Gasteiger partial charge in [0.15, 0.2) is 0 Å². The van der Waals surface area contributed by atoms with Crippen molar-refractivity contribution in [2.75, 3.05) is 0 Å². The van der Waals surface area contributed by atoms with Crippen LogP contribution in [0.25, 0.3) is 0 Å². The molecule has 0 N–H and O–H groups in total. The van der Waals surface area contributed by atoms with Crippen molar-refractivity contribution in [1.29, 1.82) is 0 Å². The Balaban J connectivity index is 0. The molecule has 0 aromatic heterocycles. The van der Waals surface area contributed by atoms with Gasteiger partial charge in [-0.2, -0.15) is 0 Å². The second-order valence-corrected chi connectivity index (χ2v) is 0. The van der Waals surface area contributed by atoms with Gasteiger partial charge in [0.05, 0.1) is 0 Å². The summed E-state index contributed by atoms with van der Waals surface area (Å²) in [6.07, 6.45) is 0. The summed E-state index contributed by atoms with van der Waals surface area (Å²) in [7, 11) is 0. The molecule has 15 valence electrons. The Kier molecular flexibility index (Phi) is 204. The first-order valence-corrected chi connectivity index (χ1v) is 0. The Hall–Kier alpha value is 3.46. The van der Waals surface area contributed by atoms with Crippen molar-refractivity contribution in [2.24, 2.45) is 0 Å². The van der Waals surface area contributed by atoms with Gasteiger partial charge in [0, 0.05) is 106 Å². The molecule has 0 heterocycles. The average Bonchev–Trinajstić information content (AvgIpc) is 0. The Bertz CT molecular complexity index is 11.6. The quantitative estimate of drug-likeness (QED) is 0.437. The number of hydrogen-bond donors (Lipinski definition) is 0. The van der Waals surface area contributed by atoms with Crippen LogP contribution in [-0.2, 0) is 19.5 Å². The van der Waals surface area contributed by atoms with E-state index in [-0.39, 0.29) is 106 Å². The van der Waals surface area contributed by atoms with Crippen LogP contribution in [0.3, 0.4) is 0 Å². The molecule has 0 unspecified atom stereocenters. The largest absolute Gasteiger partial charge is 0 e. The fourth-order valence-corrected chi connectivity index (χ4v) is 0.